The van der Waals surface area contributed by atoms with Gasteiger partial charge < -0.3 is 20.4 Å². The molecule has 3 N–H and O–H groups in total. The first-order valence-corrected chi connectivity index (χ1v) is 11.9. The van der Waals surface area contributed by atoms with E-state index in [2.05, 4.69) is 15.6 Å². The van der Waals surface area contributed by atoms with Crippen molar-refractivity contribution in [3.63, 3.8) is 0 Å². The van der Waals surface area contributed by atoms with Crippen LogP contribution in [0, 0.1) is 0 Å². The van der Waals surface area contributed by atoms with Gasteiger partial charge in [0.25, 0.3) is 11.8 Å². The number of hydrogen-bond donors (Lipinski definition) is 3. The maximum absolute atomic E-state index is 13.0. The van der Waals surface area contributed by atoms with E-state index >= 15 is 0 Å². The van der Waals surface area contributed by atoms with Gasteiger partial charge in [0, 0.05) is 25.0 Å². The van der Waals surface area contributed by atoms with Gasteiger partial charge in [-0.3, -0.25) is 9.59 Å². The molecule has 10 heteroatoms. The van der Waals surface area contributed by atoms with Gasteiger partial charge in [-0.1, -0.05) is 48.5 Å². The summed E-state index contributed by atoms with van der Waals surface area (Å²) in [5.74, 6) is -1.02. The molecule has 1 unspecified atom stereocenters. The third-order valence-corrected chi connectivity index (χ3v) is 7.10. The van der Waals surface area contributed by atoms with E-state index in [4.69, 9.17) is 4.74 Å². The highest BCUT2D eigenvalue weighted by Gasteiger charge is 2.29. The van der Waals surface area contributed by atoms with Gasteiger partial charge in [0.15, 0.2) is 0 Å². The molecule has 1 atom stereocenters. The van der Waals surface area contributed by atoms with E-state index in [-0.39, 0.29) is 23.7 Å². The average Bonchev–Trinajstić information content (AvgIpc) is 3.36. The number of nitrogens with zero attached hydrogens (tertiary/aromatic N) is 1. The van der Waals surface area contributed by atoms with E-state index in [9.17, 15) is 18.0 Å². The molecular formula is C23H24N4O5S. The lowest BCUT2D eigenvalue weighted by molar-refractivity contribution is -0.118. The van der Waals surface area contributed by atoms with Crippen LogP contribution in [0.1, 0.15) is 22.1 Å². The van der Waals surface area contributed by atoms with Crippen LogP contribution in [0.15, 0.2) is 77.8 Å². The van der Waals surface area contributed by atoms with Crippen molar-refractivity contribution in [3.05, 3.63) is 84.2 Å². The van der Waals surface area contributed by atoms with Gasteiger partial charge in [-0.25, -0.2) is 8.42 Å². The van der Waals surface area contributed by atoms with Crippen molar-refractivity contribution >= 4 is 27.5 Å². The minimum absolute atomic E-state index is 0.0143. The first-order valence-electron chi connectivity index (χ1n) is 10.4. The third-order valence-electron chi connectivity index (χ3n) is 5.22. The van der Waals surface area contributed by atoms with Crippen LogP contribution in [-0.4, -0.2) is 55.8 Å². The normalized spacial score (nSPS) is 15.5. The lowest BCUT2D eigenvalue weighted by Crippen LogP contribution is -2.40. The Balaban J connectivity index is 1.53. The molecule has 2 aromatic carbocycles. The number of anilines is 1. The number of rotatable bonds is 7. The average molecular weight is 469 g/mol. The van der Waals surface area contributed by atoms with Crippen LogP contribution >= 0.6 is 0 Å². The van der Waals surface area contributed by atoms with Gasteiger partial charge in [-0.2, -0.15) is 4.31 Å². The van der Waals surface area contributed by atoms with Crippen LogP contribution in [0.4, 0.5) is 5.69 Å². The van der Waals surface area contributed by atoms with Crippen LogP contribution in [0.3, 0.4) is 0 Å². The zero-order chi connectivity index (χ0) is 23.3. The summed E-state index contributed by atoms with van der Waals surface area (Å²) in [6.07, 6.45) is 1.28. The van der Waals surface area contributed by atoms with Crippen molar-refractivity contribution in [1.82, 2.24) is 14.6 Å². The summed E-state index contributed by atoms with van der Waals surface area (Å²) in [4.78, 5) is 28.7. The largest absolute Gasteiger partial charge is 0.379 e. The summed E-state index contributed by atoms with van der Waals surface area (Å²) in [5.41, 5.74) is 1.22. The molecule has 1 fully saturated rings. The van der Waals surface area contributed by atoms with E-state index in [1.54, 1.807) is 48.5 Å². The molecule has 1 aliphatic rings. The highest BCUT2D eigenvalue weighted by atomic mass is 32.2. The van der Waals surface area contributed by atoms with Gasteiger partial charge in [0.2, 0.25) is 10.0 Å². The second-order valence-corrected chi connectivity index (χ2v) is 9.38. The Hall–Kier alpha value is -3.47. The molecule has 0 aliphatic carbocycles. The molecule has 2 amide bonds. The van der Waals surface area contributed by atoms with E-state index in [0.29, 0.717) is 24.5 Å². The topological polar surface area (TPSA) is 121 Å². The molecule has 0 spiro atoms. The van der Waals surface area contributed by atoms with E-state index in [1.165, 1.54) is 16.6 Å². The molecule has 1 aliphatic heterocycles. The molecule has 4 rings (SSSR count). The second-order valence-electron chi connectivity index (χ2n) is 7.44. The Morgan fingerprint density at radius 2 is 1.61 bits per heavy atom. The van der Waals surface area contributed by atoms with Crippen molar-refractivity contribution in [2.45, 2.75) is 10.9 Å². The third kappa shape index (κ3) is 5.30. The number of morpholine rings is 1. The number of carbonyl (C=O) groups is 2. The molecule has 3 aromatic rings. The molecule has 33 heavy (non-hydrogen) atoms. The SMILES string of the molecule is O=C(NC(C(=O)Nc1ccccc1)c1ccccc1)c1cc(S(=O)(=O)N2CCOCC2)c[nH]1. The number of amides is 2. The van der Waals surface area contributed by atoms with Gasteiger partial charge in [0.1, 0.15) is 16.6 Å². The lowest BCUT2D eigenvalue weighted by atomic mass is 10.1. The molecule has 1 aromatic heterocycles. The zero-order valence-corrected chi connectivity index (χ0v) is 18.5. The lowest BCUT2D eigenvalue weighted by Gasteiger charge is -2.25. The fourth-order valence-corrected chi connectivity index (χ4v) is 4.88. The molecule has 2 heterocycles. The summed E-state index contributed by atoms with van der Waals surface area (Å²) in [5, 5.41) is 5.49. The monoisotopic (exact) mass is 468 g/mol. The number of hydrogen-bond acceptors (Lipinski definition) is 5. The van der Waals surface area contributed by atoms with Crippen LogP contribution in [0.5, 0.6) is 0 Å². The number of ether oxygens (including phenoxy) is 1. The van der Waals surface area contributed by atoms with E-state index in [0.717, 1.165) is 0 Å². The quantitative estimate of drug-likeness (QED) is 0.491. The number of para-hydroxylation sites is 1. The first kappa shape index (κ1) is 22.7. The maximum Gasteiger partial charge on any atom is 0.268 e. The van der Waals surface area contributed by atoms with Crippen molar-refractivity contribution in [3.8, 4) is 0 Å². The van der Waals surface area contributed by atoms with Crippen LogP contribution < -0.4 is 10.6 Å². The zero-order valence-electron chi connectivity index (χ0n) is 17.7. The van der Waals surface area contributed by atoms with Crippen LogP contribution in [-0.2, 0) is 19.6 Å². The molecule has 172 valence electrons. The van der Waals surface area contributed by atoms with Crippen LogP contribution in [0.25, 0.3) is 0 Å². The van der Waals surface area contributed by atoms with Gasteiger partial charge in [-0.05, 0) is 23.8 Å². The summed E-state index contributed by atoms with van der Waals surface area (Å²) < 4.78 is 32.2. The number of aromatic nitrogens is 1. The highest BCUT2D eigenvalue weighted by Crippen LogP contribution is 2.20. The first-order chi connectivity index (χ1) is 15.9. The molecule has 0 bridgehead atoms. The smallest absolute Gasteiger partial charge is 0.268 e. The summed E-state index contributed by atoms with van der Waals surface area (Å²) >= 11 is 0. The summed E-state index contributed by atoms with van der Waals surface area (Å²) in [6.45, 7) is 1.16. The van der Waals surface area contributed by atoms with Gasteiger partial charge >= 0.3 is 0 Å². The molecule has 0 radical (unpaired) electrons. The van der Waals surface area contributed by atoms with Crippen LogP contribution in [0.2, 0.25) is 0 Å². The number of H-pyrrole nitrogens is 1. The standard InChI is InChI=1S/C23H24N4O5S/c28-22(20-15-19(16-24-20)33(30,31)27-11-13-32-14-12-27)26-21(17-7-3-1-4-8-17)23(29)25-18-9-5-2-6-10-18/h1-10,15-16,21,24H,11-14H2,(H,25,29)(H,26,28). The van der Waals surface area contributed by atoms with Crippen molar-refractivity contribution in [1.29, 1.82) is 0 Å². The molecule has 1 saturated heterocycles. The minimum Gasteiger partial charge on any atom is -0.379 e. The van der Waals surface area contributed by atoms with Gasteiger partial charge in [0.05, 0.1) is 13.2 Å². The summed E-state index contributed by atoms with van der Waals surface area (Å²) in [7, 11) is -3.75. The Bertz CT molecular complexity index is 1210. The predicted octanol–water partition coefficient (Wildman–Crippen LogP) is 2.15. The Kier molecular flexibility index (Phi) is 6.87. The van der Waals surface area contributed by atoms with Crippen molar-refractivity contribution in [2.24, 2.45) is 0 Å². The Labute approximate surface area is 191 Å². The molecule has 9 nitrogen and oxygen atoms in total. The molecule has 0 saturated carbocycles. The Morgan fingerprint density at radius 1 is 0.970 bits per heavy atom. The molecular weight excluding hydrogens is 444 g/mol. The highest BCUT2D eigenvalue weighted by molar-refractivity contribution is 7.89. The number of nitrogens with one attached hydrogen (secondary N) is 3. The van der Waals surface area contributed by atoms with Crippen molar-refractivity contribution in [2.75, 3.05) is 31.6 Å². The second kappa shape index (κ2) is 9.99. The van der Waals surface area contributed by atoms with E-state index in [1.807, 2.05) is 12.1 Å². The minimum atomic E-state index is -3.75. The number of sulfonamides is 1. The predicted molar refractivity (Wildman–Crippen MR) is 122 cm³/mol. The number of benzene rings is 2. The fraction of sp³-hybridized carbons (Fsp3) is 0.217. The number of carbonyl (C=O) groups excluding carboxylic acids is 2. The summed E-state index contributed by atoms with van der Waals surface area (Å²) in [6, 6.07) is 18.0. The van der Waals surface area contributed by atoms with Crippen molar-refractivity contribution < 1.29 is 22.7 Å². The van der Waals surface area contributed by atoms with Gasteiger partial charge in [-0.15, -0.1) is 0 Å². The Morgan fingerprint density at radius 3 is 2.27 bits per heavy atom. The fourth-order valence-electron chi connectivity index (χ4n) is 3.48. The maximum atomic E-state index is 13.0. The van der Waals surface area contributed by atoms with E-state index < -0.39 is 27.9 Å². The number of aromatic amines is 1.